The summed E-state index contributed by atoms with van der Waals surface area (Å²) in [5, 5.41) is 0. The zero-order valence-electron chi connectivity index (χ0n) is 12.2. The molecule has 1 spiro atoms. The van der Waals surface area contributed by atoms with Gasteiger partial charge in [0.05, 0.1) is 17.3 Å². The summed E-state index contributed by atoms with van der Waals surface area (Å²) in [6.45, 7) is 4.52. The van der Waals surface area contributed by atoms with Crippen LogP contribution in [0.3, 0.4) is 0 Å². The average Bonchev–Trinajstić information content (AvgIpc) is 2.47. The molecule has 2 saturated heterocycles. The van der Waals surface area contributed by atoms with Crippen molar-refractivity contribution in [3.8, 4) is 0 Å². The minimum Gasteiger partial charge on any atom is -0.381 e. The van der Waals surface area contributed by atoms with Gasteiger partial charge in [0.1, 0.15) is 0 Å². The van der Waals surface area contributed by atoms with Crippen LogP contribution in [0.4, 0.5) is 0 Å². The predicted molar refractivity (Wildman–Crippen MR) is 77.4 cm³/mol. The Hall–Kier alpha value is -0.970. The molecule has 20 heavy (non-hydrogen) atoms. The first-order chi connectivity index (χ1) is 9.69. The molecule has 1 aromatic rings. The summed E-state index contributed by atoms with van der Waals surface area (Å²) in [6.07, 6.45) is 5.91. The molecule has 3 rings (SSSR count). The van der Waals surface area contributed by atoms with E-state index in [1.54, 1.807) is 0 Å². The third-order valence-electron chi connectivity index (χ3n) is 4.72. The third-order valence-corrected chi connectivity index (χ3v) is 4.72. The van der Waals surface area contributed by atoms with Gasteiger partial charge in [-0.25, -0.2) is 0 Å². The van der Waals surface area contributed by atoms with Crippen LogP contribution in [-0.4, -0.2) is 30.4 Å². The van der Waals surface area contributed by atoms with Crippen LogP contribution >= 0.6 is 0 Å². The number of ether oxygens (including phenoxy) is 2. The molecular weight excluding hydrogens is 252 g/mol. The molecule has 2 unspecified atom stereocenters. The first-order valence-corrected chi connectivity index (χ1v) is 7.58. The van der Waals surface area contributed by atoms with Crippen LogP contribution in [0, 0.1) is 12.8 Å². The van der Waals surface area contributed by atoms with Gasteiger partial charge >= 0.3 is 0 Å². The van der Waals surface area contributed by atoms with E-state index in [2.05, 4.69) is 18.0 Å². The predicted octanol–water partition coefficient (Wildman–Crippen LogP) is 2.37. The SMILES string of the molecule is Cc1ccnc(C(N)C2CCOC3(CCOCC3)C2)c1. The number of nitrogens with zero attached hydrogens (tertiary/aromatic N) is 1. The van der Waals surface area contributed by atoms with E-state index >= 15 is 0 Å². The maximum atomic E-state index is 6.48. The molecule has 2 N–H and O–H groups in total. The van der Waals surface area contributed by atoms with Crippen molar-refractivity contribution in [1.29, 1.82) is 0 Å². The lowest BCUT2D eigenvalue weighted by Crippen LogP contribution is -2.46. The first-order valence-electron chi connectivity index (χ1n) is 7.58. The fourth-order valence-electron chi connectivity index (χ4n) is 3.45. The number of pyridine rings is 1. The Morgan fingerprint density at radius 3 is 2.90 bits per heavy atom. The molecule has 0 aromatic carbocycles. The standard InChI is InChI=1S/C16H24N2O2/c1-12-2-6-18-14(10-12)15(17)13-3-7-20-16(11-13)4-8-19-9-5-16/h2,6,10,13,15H,3-5,7-9,11,17H2,1H3. The quantitative estimate of drug-likeness (QED) is 0.901. The summed E-state index contributed by atoms with van der Waals surface area (Å²) in [5.41, 5.74) is 8.72. The van der Waals surface area contributed by atoms with E-state index in [1.165, 1.54) is 5.56 Å². The Balaban J connectivity index is 1.73. The molecule has 3 heterocycles. The summed E-state index contributed by atoms with van der Waals surface area (Å²) in [7, 11) is 0. The van der Waals surface area contributed by atoms with Gasteiger partial charge in [0.2, 0.25) is 0 Å². The summed E-state index contributed by atoms with van der Waals surface area (Å²) >= 11 is 0. The lowest BCUT2D eigenvalue weighted by atomic mass is 9.77. The zero-order chi connectivity index (χ0) is 14.0. The molecule has 0 aliphatic carbocycles. The fraction of sp³-hybridized carbons (Fsp3) is 0.688. The molecular formula is C16H24N2O2. The molecule has 110 valence electrons. The Bertz CT molecular complexity index is 452. The van der Waals surface area contributed by atoms with E-state index in [0.29, 0.717) is 5.92 Å². The van der Waals surface area contributed by atoms with Crippen LogP contribution < -0.4 is 5.73 Å². The minimum atomic E-state index is 0.00259. The largest absolute Gasteiger partial charge is 0.381 e. The third kappa shape index (κ3) is 2.87. The van der Waals surface area contributed by atoms with E-state index in [9.17, 15) is 0 Å². The van der Waals surface area contributed by atoms with E-state index < -0.39 is 0 Å². The van der Waals surface area contributed by atoms with Gasteiger partial charge in [-0.15, -0.1) is 0 Å². The van der Waals surface area contributed by atoms with Crippen molar-refractivity contribution in [2.75, 3.05) is 19.8 Å². The second kappa shape index (κ2) is 5.80. The van der Waals surface area contributed by atoms with Crippen LogP contribution in [0.2, 0.25) is 0 Å². The Kier molecular flexibility index (Phi) is 4.06. The van der Waals surface area contributed by atoms with Gasteiger partial charge in [-0.2, -0.15) is 0 Å². The summed E-state index contributed by atoms with van der Waals surface area (Å²) < 4.78 is 11.6. The van der Waals surface area contributed by atoms with Crippen molar-refractivity contribution in [3.63, 3.8) is 0 Å². The molecule has 2 aliphatic heterocycles. The lowest BCUT2D eigenvalue weighted by molar-refractivity contribution is -0.149. The molecule has 2 aliphatic rings. The van der Waals surface area contributed by atoms with Gasteiger partial charge in [-0.1, -0.05) is 0 Å². The number of hydrogen-bond acceptors (Lipinski definition) is 4. The van der Waals surface area contributed by atoms with Crippen LogP contribution in [0.25, 0.3) is 0 Å². The van der Waals surface area contributed by atoms with E-state index in [1.807, 2.05) is 12.3 Å². The molecule has 2 atom stereocenters. The molecule has 4 nitrogen and oxygen atoms in total. The molecule has 1 aromatic heterocycles. The monoisotopic (exact) mass is 276 g/mol. The van der Waals surface area contributed by atoms with E-state index in [4.69, 9.17) is 15.2 Å². The summed E-state index contributed by atoms with van der Waals surface area (Å²) in [4.78, 5) is 4.46. The maximum Gasteiger partial charge on any atom is 0.0729 e. The summed E-state index contributed by atoms with van der Waals surface area (Å²) in [5.74, 6) is 0.455. The Morgan fingerprint density at radius 1 is 1.35 bits per heavy atom. The molecule has 2 fully saturated rings. The Labute approximate surface area is 120 Å². The maximum absolute atomic E-state index is 6.48. The number of aromatic nitrogens is 1. The molecule has 0 radical (unpaired) electrons. The van der Waals surface area contributed by atoms with Crippen molar-refractivity contribution in [3.05, 3.63) is 29.6 Å². The highest BCUT2D eigenvalue weighted by molar-refractivity contribution is 5.18. The van der Waals surface area contributed by atoms with Gasteiger partial charge in [-0.3, -0.25) is 4.98 Å². The molecule has 0 bridgehead atoms. The van der Waals surface area contributed by atoms with Gasteiger partial charge < -0.3 is 15.2 Å². The lowest BCUT2D eigenvalue weighted by Gasteiger charge is -2.44. The number of nitrogens with two attached hydrogens (primary N) is 1. The minimum absolute atomic E-state index is 0.00259. The first kappa shape index (κ1) is 14.0. The van der Waals surface area contributed by atoms with Crippen molar-refractivity contribution in [2.24, 2.45) is 11.7 Å². The van der Waals surface area contributed by atoms with Crippen molar-refractivity contribution in [1.82, 2.24) is 4.98 Å². The fourth-order valence-corrected chi connectivity index (χ4v) is 3.45. The van der Waals surface area contributed by atoms with Gasteiger partial charge in [-0.05, 0) is 56.2 Å². The van der Waals surface area contributed by atoms with E-state index in [0.717, 1.165) is 51.2 Å². The van der Waals surface area contributed by atoms with Crippen molar-refractivity contribution >= 4 is 0 Å². The number of hydrogen-bond donors (Lipinski definition) is 1. The average molecular weight is 276 g/mol. The smallest absolute Gasteiger partial charge is 0.0729 e. The normalized spacial score (nSPS) is 27.4. The van der Waals surface area contributed by atoms with Crippen molar-refractivity contribution < 1.29 is 9.47 Å². The van der Waals surface area contributed by atoms with Crippen LogP contribution in [0.15, 0.2) is 18.3 Å². The second-order valence-corrected chi connectivity index (χ2v) is 6.18. The van der Waals surface area contributed by atoms with Gasteiger partial charge in [0, 0.05) is 26.0 Å². The van der Waals surface area contributed by atoms with Crippen molar-refractivity contribution in [2.45, 2.75) is 44.2 Å². The van der Waals surface area contributed by atoms with Crippen LogP contribution in [0.5, 0.6) is 0 Å². The highest BCUT2D eigenvalue weighted by Crippen LogP contribution is 2.40. The highest BCUT2D eigenvalue weighted by atomic mass is 16.5. The molecule has 0 amide bonds. The van der Waals surface area contributed by atoms with Crippen LogP contribution in [-0.2, 0) is 9.47 Å². The van der Waals surface area contributed by atoms with Gasteiger partial charge in [0.15, 0.2) is 0 Å². The van der Waals surface area contributed by atoms with Crippen LogP contribution in [0.1, 0.15) is 43.0 Å². The Morgan fingerprint density at radius 2 is 2.15 bits per heavy atom. The molecule has 0 saturated carbocycles. The number of rotatable bonds is 2. The van der Waals surface area contributed by atoms with Gasteiger partial charge in [0.25, 0.3) is 0 Å². The second-order valence-electron chi connectivity index (χ2n) is 6.18. The summed E-state index contributed by atoms with van der Waals surface area (Å²) in [6, 6.07) is 4.13. The topological polar surface area (TPSA) is 57.4 Å². The number of aryl methyl sites for hydroxylation is 1. The zero-order valence-corrected chi connectivity index (χ0v) is 12.2. The van der Waals surface area contributed by atoms with E-state index in [-0.39, 0.29) is 11.6 Å². The molecule has 4 heteroatoms. The highest BCUT2D eigenvalue weighted by Gasteiger charge is 2.41.